The maximum atomic E-state index is 12.5. The number of anilines is 1. The van der Waals surface area contributed by atoms with Crippen LogP contribution >= 0.6 is 0 Å². The van der Waals surface area contributed by atoms with E-state index in [1.165, 1.54) is 4.57 Å². The van der Waals surface area contributed by atoms with Gasteiger partial charge < -0.3 is 14.4 Å². The fraction of sp³-hybridized carbons (Fsp3) is 0.360. The van der Waals surface area contributed by atoms with Crippen molar-refractivity contribution in [1.29, 1.82) is 0 Å². The highest BCUT2D eigenvalue weighted by atomic mass is 16.5. The van der Waals surface area contributed by atoms with Crippen LogP contribution < -0.4 is 4.90 Å². The summed E-state index contributed by atoms with van der Waals surface area (Å²) in [6.07, 6.45) is 3.68. The number of fused-ring (bicyclic) bond motifs is 1. The highest BCUT2D eigenvalue weighted by molar-refractivity contribution is 5.89. The third kappa shape index (κ3) is 5.48. The Balaban J connectivity index is 1.33. The van der Waals surface area contributed by atoms with Gasteiger partial charge in [-0.1, -0.05) is 36.4 Å². The number of ether oxygens (including phenoxy) is 2. The number of piperazine rings is 1. The van der Waals surface area contributed by atoms with Crippen molar-refractivity contribution in [2.24, 2.45) is 0 Å². The van der Waals surface area contributed by atoms with E-state index in [0.717, 1.165) is 54.7 Å². The lowest BCUT2D eigenvalue weighted by Gasteiger charge is -2.36. The Morgan fingerprint density at radius 2 is 1.66 bits per heavy atom. The smallest absolute Gasteiger partial charge is 0.418 e. The van der Waals surface area contributed by atoms with Gasteiger partial charge in [-0.15, -0.1) is 0 Å². The number of carbonyl (C=O) groups excluding carboxylic acids is 2. The fourth-order valence-corrected chi connectivity index (χ4v) is 3.94. The van der Waals surface area contributed by atoms with E-state index < -0.39 is 0 Å². The summed E-state index contributed by atoms with van der Waals surface area (Å²) >= 11 is 0. The number of hydrogen-bond acceptors (Lipinski definition) is 6. The van der Waals surface area contributed by atoms with Gasteiger partial charge in [-0.2, -0.15) is 0 Å². The van der Waals surface area contributed by atoms with Crippen molar-refractivity contribution in [1.82, 2.24) is 9.47 Å². The summed E-state index contributed by atoms with van der Waals surface area (Å²) in [4.78, 5) is 28.7. The van der Waals surface area contributed by atoms with E-state index in [1.54, 1.807) is 6.20 Å². The van der Waals surface area contributed by atoms with Crippen molar-refractivity contribution in [3.8, 4) is 0 Å². The van der Waals surface area contributed by atoms with Crippen LogP contribution in [0.2, 0.25) is 0 Å². The topological polar surface area (TPSA) is 64.0 Å². The van der Waals surface area contributed by atoms with Gasteiger partial charge in [-0.25, -0.2) is 4.79 Å². The molecule has 1 aromatic heterocycles. The first-order chi connectivity index (χ1) is 15.6. The second kappa shape index (κ2) is 10.3. The Labute approximate surface area is 188 Å². The standard InChI is InChI=1S/C25H29N3O4/c1-2-31-24(29)10-11-26-12-14-27(15-13-26)23-9-8-21-17-28(18-22(21)16-23)25(30)32-19-20-6-4-3-5-7-20/h3-9,16-18H,2,10-15,19H2,1H3. The van der Waals surface area contributed by atoms with Crippen molar-refractivity contribution in [3.63, 3.8) is 0 Å². The molecule has 1 saturated heterocycles. The van der Waals surface area contributed by atoms with E-state index in [1.807, 2.05) is 49.5 Å². The third-order valence-corrected chi connectivity index (χ3v) is 5.72. The molecule has 0 bridgehead atoms. The normalized spacial score (nSPS) is 14.5. The van der Waals surface area contributed by atoms with Gasteiger partial charge >= 0.3 is 12.1 Å². The minimum absolute atomic E-state index is 0.132. The number of esters is 1. The van der Waals surface area contributed by atoms with Crippen LogP contribution in [0.1, 0.15) is 18.9 Å². The van der Waals surface area contributed by atoms with Crippen LogP contribution in [-0.4, -0.2) is 60.9 Å². The van der Waals surface area contributed by atoms with Gasteiger partial charge in [0.25, 0.3) is 0 Å². The van der Waals surface area contributed by atoms with Crippen molar-refractivity contribution in [2.45, 2.75) is 20.0 Å². The number of nitrogens with zero attached hydrogens (tertiary/aromatic N) is 3. The molecule has 1 fully saturated rings. The Morgan fingerprint density at radius 1 is 0.906 bits per heavy atom. The molecule has 0 aliphatic carbocycles. The predicted molar refractivity (Wildman–Crippen MR) is 124 cm³/mol. The molecule has 0 amide bonds. The van der Waals surface area contributed by atoms with Gasteiger partial charge in [0.15, 0.2) is 0 Å². The van der Waals surface area contributed by atoms with E-state index in [2.05, 4.69) is 21.9 Å². The summed E-state index contributed by atoms with van der Waals surface area (Å²) in [7, 11) is 0. The molecule has 1 aliphatic heterocycles. The largest absolute Gasteiger partial charge is 0.466 e. The predicted octanol–water partition coefficient (Wildman–Crippen LogP) is 3.90. The Bertz CT molecular complexity index is 1060. The average Bonchev–Trinajstić information content (AvgIpc) is 3.26. The van der Waals surface area contributed by atoms with E-state index in [9.17, 15) is 9.59 Å². The number of carbonyl (C=O) groups is 2. The zero-order valence-electron chi connectivity index (χ0n) is 18.4. The molecular formula is C25H29N3O4. The molecule has 1 aliphatic rings. The zero-order chi connectivity index (χ0) is 22.3. The molecule has 7 heteroatoms. The van der Waals surface area contributed by atoms with Crippen LogP contribution in [0.5, 0.6) is 0 Å². The molecule has 32 heavy (non-hydrogen) atoms. The minimum atomic E-state index is -0.387. The lowest BCUT2D eigenvalue weighted by molar-refractivity contribution is -0.143. The van der Waals surface area contributed by atoms with Crippen LogP contribution in [-0.2, 0) is 20.9 Å². The highest BCUT2D eigenvalue weighted by Gasteiger charge is 2.19. The summed E-state index contributed by atoms with van der Waals surface area (Å²) in [5, 5.41) is 2.00. The first-order valence-corrected chi connectivity index (χ1v) is 11.1. The number of hydrogen-bond donors (Lipinski definition) is 0. The Hall–Kier alpha value is -3.32. The molecular weight excluding hydrogens is 406 g/mol. The molecule has 0 atom stereocenters. The van der Waals surface area contributed by atoms with Crippen LogP contribution in [0, 0.1) is 0 Å². The molecule has 4 rings (SSSR count). The first-order valence-electron chi connectivity index (χ1n) is 11.1. The molecule has 0 unspecified atom stereocenters. The summed E-state index contributed by atoms with van der Waals surface area (Å²) in [5.41, 5.74) is 2.10. The molecule has 7 nitrogen and oxygen atoms in total. The minimum Gasteiger partial charge on any atom is -0.466 e. The average molecular weight is 436 g/mol. The Kier molecular flexibility index (Phi) is 7.07. The molecule has 0 N–H and O–H groups in total. The van der Waals surface area contributed by atoms with E-state index >= 15 is 0 Å². The SMILES string of the molecule is CCOC(=O)CCN1CCN(c2ccc3cn(C(=O)OCc4ccccc4)cc3c2)CC1. The van der Waals surface area contributed by atoms with Gasteiger partial charge in [0.05, 0.1) is 13.0 Å². The van der Waals surface area contributed by atoms with Gasteiger partial charge in [0.1, 0.15) is 6.61 Å². The van der Waals surface area contributed by atoms with Gasteiger partial charge in [0.2, 0.25) is 0 Å². The van der Waals surface area contributed by atoms with Crippen LogP contribution in [0.4, 0.5) is 10.5 Å². The zero-order valence-corrected chi connectivity index (χ0v) is 18.4. The van der Waals surface area contributed by atoms with Crippen molar-refractivity contribution >= 4 is 28.5 Å². The van der Waals surface area contributed by atoms with Gasteiger partial charge in [0, 0.05) is 61.6 Å². The van der Waals surface area contributed by atoms with E-state index in [-0.39, 0.29) is 18.7 Å². The van der Waals surface area contributed by atoms with Crippen LogP contribution in [0.25, 0.3) is 10.8 Å². The lowest BCUT2D eigenvalue weighted by atomic mass is 10.1. The lowest BCUT2D eigenvalue weighted by Crippen LogP contribution is -2.47. The number of rotatable bonds is 7. The molecule has 0 radical (unpaired) electrons. The van der Waals surface area contributed by atoms with Crippen LogP contribution in [0.15, 0.2) is 60.9 Å². The summed E-state index contributed by atoms with van der Waals surface area (Å²) < 4.78 is 11.9. The highest BCUT2D eigenvalue weighted by Crippen LogP contribution is 2.24. The van der Waals surface area contributed by atoms with Crippen LogP contribution in [0.3, 0.4) is 0 Å². The quantitative estimate of drug-likeness (QED) is 0.525. The fourth-order valence-electron chi connectivity index (χ4n) is 3.94. The van der Waals surface area contributed by atoms with Gasteiger partial charge in [-0.05, 0) is 24.6 Å². The maximum Gasteiger partial charge on any atom is 0.418 e. The molecule has 0 spiro atoms. The molecule has 2 aromatic carbocycles. The molecule has 168 valence electrons. The third-order valence-electron chi connectivity index (χ3n) is 5.72. The Morgan fingerprint density at radius 3 is 2.41 bits per heavy atom. The monoisotopic (exact) mass is 435 g/mol. The van der Waals surface area contributed by atoms with Gasteiger partial charge in [-0.3, -0.25) is 14.3 Å². The number of benzene rings is 2. The first kappa shape index (κ1) is 21.9. The van der Waals surface area contributed by atoms with E-state index in [0.29, 0.717) is 13.0 Å². The molecule has 0 saturated carbocycles. The summed E-state index contributed by atoms with van der Waals surface area (Å²) in [6.45, 7) is 6.85. The number of aromatic nitrogens is 1. The maximum absolute atomic E-state index is 12.5. The summed E-state index contributed by atoms with van der Waals surface area (Å²) in [5.74, 6) is -0.132. The van der Waals surface area contributed by atoms with Crippen molar-refractivity contribution in [3.05, 3.63) is 66.5 Å². The summed E-state index contributed by atoms with van der Waals surface area (Å²) in [6, 6.07) is 15.9. The second-order valence-electron chi connectivity index (χ2n) is 7.90. The van der Waals surface area contributed by atoms with Crippen molar-refractivity contribution < 1.29 is 19.1 Å². The molecule has 2 heterocycles. The molecule has 3 aromatic rings. The second-order valence-corrected chi connectivity index (χ2v) is 7.90. The van der Waals surface area contributed by atoms with Crippen molar-refractivity contribution in [2.75, 3.05) is 44.2 Å². The van der Waals surface area contributed by atoms with E-state index in [4.69, 9.17) is 9.47 Å².